The molecule has 0 aromatic heterocycles. The third-order valence-electron chi connectivity index (χ3n) is 13.3. The maximum atomic E-state index is 12.5. The van der Waals surface area contributed by atoms with Gasteiger partial charge in [0.15, 0.2) is 0 Å². The van der Waals surface area contributed by atoms with Crippen LogP contribution in [0.4, 0.5) is 0 Å². The van der Waals surface area contributed by atoms with E-state index in [0.29, 0.717) is 19.4 Å². The van der Waals surface area contributed by atoms with E-state index in [1.807, 2.05) is 6.08 Å². The molecule has 2 atom stereocenters. The van der Waals surface area contributed by atoms with Gasteiger partial charge in [-0.05, 0) is 89.9 Å². The largest absolute Gasteiger partial charge is 0.466 e. The third-order valence-corrected chi connectivity index (χ3v) is 13.3. The molecule has 3 N–H and O–H groups in total. The molecular weight excluding hydrogens is 827 g/mol. The molecule has 0 aliphatic carbocycles. The number of carbonyl (C=O) groups excluding carboxylic acids is 2. The lowest BCUT2D eigenvalue weighted by Crippen LogP contribution is -2.45. The lowest BCUT2D eigenvalue weighted by Gasteiger charge is -2.20. The van der Waals surface area contributed by atoms with E-state index < -0.39 is 12.1 Å². The molecule has 0 fully saturated rings. The summed E-state index contributed by atoms with van der Waals surface area (Å²) in [6.45, 7) is 4.86. The number of amides is 1. The van der Waals surface area contributed by atoms with Crippen molar-refractivity contribution in [2.24, 2.45) is 0 Å². The Hall–Kier alpha value is -2.18. The molecule has 1 amide bonds. The van der Waals surface area contributed by atoms with Crippen molar-refractivity contribution in [2.45, 2.75) is 315 Å². The van der Waals surface area contributed by atoms with Gasteiger partial charge in [-0.2, -0.15) is 0 Å². The second kappa shape index (κ2) is 56.4. The molecule has 6 heteroatoms. The fourth-order valence-corrected chi connectivity index (χ4v) is 8.78. The number of allylic oxidation sites excluding steroid dienone is 7. The molecule has 0 aromatic rings. The highest BCUT2D eigenvalue weighted by Gasteiger charge is 2.18. The first-order valence-corrected chi connectivity index (χ1v) is 29.4. The van der Waals surface area contributed by atoms with Crippen LogP contribution in [0.25, 0.3) is 0 Å². The fraction of sp³-hybridized carbons (Fsp3) is 0.836. The summed E-state index contributed by atoms with van der Waals surface area (Å²) in [5.41, 5.74) is 0. The lowest BCUT2D eigenvalue weighted by atomic mass is 10.0. The van der Waals surface area contributed by atoms with Gasteiger partial charge in [0.2, 0.25) is 5.91 Å². The zero-order valence-electron chi connectivity index (χ0n) is 44.6. The summed E-state index contributed by atoms with van der Waals surface area (Å²) < 4.78 is 5.47. The summed E-state index contributed by atoms with van der Waals surface area (Å²) >= 11 is 0. The van der Waals surface area contributed by atoms with E-state index in [0.717, 1.165) is 64.2 Å². The van der Waals surface area contributed by atoms with Crippen LogP contribution in [0.1, 0.15) is 303 Å². The lowest BCUT2D eigenvalue weighted by molar-refractivity contribution is -0.143. The van der Waals surface area contributed by atoms with Gasteiger partial charge in [-0.3, -0.25) is 9.59 Å². The molecule has 0 radical (unpaired) electrons. The van der Waals surface area contributed by atoms with Crippen molar-refractivity contribution in [3.8, 4) is 0 Å². The molecule has 0 spiro atoms. The zero-order valence-corrected chi connectivity index (χ0v) is 44.6. The van der Waals surface area contributed by atoms with Crippen LogP contribution in [-0.2, 0) is 14.3 Å². The van der Waals surface area contributed by atoms with Crippen LogP contribution in [0.5, 0.6) is 0 Å². The topological polar surface area (TPSA) is 95.9 Å². The minimum atomic E-state index is -0.854. The summed E-state index contributed by atoms with van der Waals surface area (Å²) in [5, 5.41) is 23.1. The molecule has 2 unspecified atom stereocenters. The van der Waals surface area contributed by atoms with E-state index in [2.05, 4.69) is 55.6 Å². The first-order valence-electron chi connectivity index (χ1n) is 29.4. The first-order chi connectivity index (χ1) is 33.0. The Morgan fingerprint density at radius 3 is 1.16 bits per heavy atom. The van der Waals surface area contributed by atoms with Crippen molar-refractivity contribution >= 4 is 11.9 Å². The number of nitrogens with one attached hydrogen (secondary N) is 1. The Labute approximate surface area is 416 Å². The highest BCUT2D eigenvalue weighted by molar-refractivity contribution is 5.76. The highest BCUT2D eigenvalue weighted by Crippen LogP contribution is 2.16. The maximum Gasteiger partial charge on any atom is 0.305 e. The summed E-state index contributed by atoms with van der Waals surface area (Å²) in [5.74, 6) is -0.0965. The predicted molar refractivity (Wildman–Crippen MR) is 292 cm³/mol. The van der Waals surface area contributed by atoms with Gasteiger partial charge in [0.05, 0.1) is 25.4 Å². The van der Waals surface area contributed by atoms with Gasteiger partial charge in [0, 0.05) is 12.8 Å². The molecule has 0 bridgehead atoms. The Morgan fingerprint density at radius 2 is 0.746 bits per heavy atom. The van der Waals surface area contributed by atoms with Gasteiger partial charge in [0.25, 0.3) is 0 Å². The van der Waals surface area contributed by atoms with Crippen molar-refractivity contribution in [3.63, 3.8) is 0 Å². The molecule has 6 nitrogen and oxygen atoms in total. The number of aliphatic hydroxyl groups excluding tert-OH is 2. The number of aliphatic hydroxyl groups is 2. The normalized spacial score (nSPS) is 13.0. The molecule has 0 heterocycles. The van der Waals surface area contributed by atoms with E-state index in [1.54, 1.807) is 6.08 Å². The molecule has 0 rings (SSSR count). The molecule has 0 aliphatic heterocycles. The van der Waals surface area contributed by atoms with E-state index >= 15 is 0 Å². The van der Waals surface area contributed by atoms with Crippen molar-refractivity contribution in [2.75, 3.05) is 13.2 Å². The first kappa shape index (κ1) is 64.8. The Morgan fingerprint density at radius 1 is 0.418 bits per heavy atom. The number of rotatable bonds is 54. The monoisotopic (exact) mass is 940 g/mol. The number of ether oxygens (including phenoxy) is 1. The summed E-state index contributed by atoms with van der Waals surface area (Å²) in [6, 6.07) is -0.638. The predicted octanol–water partition coefficient (Wildman–Crippen LogP) is 18.2. The van der Waals surface area contributed by atoms with Crippen LogP contribution in [0.3, 0.4) is 0 Å². The third kappa shape index (κ3) is 53.0. The molecular formula is C61H113NO5. The number of hydrogen-bond donors (Lipinski definition) is 3. The quantitative estimate of drug-likeness (QED) is 0.0321. The van der Waals surface area contributed by atoms with Crippen molar-refractivity contribution in [3.05, 3.63) is 48.6 Å². The summed E-state index contributed by atoms with van der Waals surface area (Å²) in [4.78, 5) is 24.5. The van der Waals surface area contributed by atoms with Gasteiger partial charge in [-0.15, -0.1) is 0 Å². The zero-order chi connectivity index (χ0) is 48.6. The molecule has 0 saturated carbocycles. The summed E-state index contributed by atoms with van der Waals surface area (Å²) in [7, 11) is 0. The number of unbranched alkanes of at least 4 members (excludes halogenated alkanes) is 37. The Balaban J connectivity index is 3.50. The molecule has 0 saturated heterocycles. The van der Waals surface area contributed by atoms with Crippen LogP contribution < -0.4 is 5.32 Å². The van der Waals surface area contributed by atoms with Crippen LogP contribution in [0.2, 0.25) is 0 Å². The summed E-state index contributed by atoms with van der Waals surface area (Å²) in [6.07, 6.45) is 71.3. The van der Waals surface area contributed by atoms with Crippen molar-refractivity contribution in [1.82, 2.24) is 5.32 Å². The minimum absolute atomic E-state index is 0.0166. The van der Waals surface area contributed by atoms with Crippen LogP contribution in [0, 0.1) is 0 Å². The average molecular weight is 941 g/mol. The Bertz CT molecular complexity index is 1130. The second-order valence-electron chi connectivity index (χ2n) is 20.0. The standard InChI is InChI=1S/C61H113NO5/c1-3-5-7-9-11-13-15-17-19-22-25-29-33-37-41-45-49-53-59(64)58(57-63)62-60(65)54-50-46-42-38-34-30-26-23-21-24-28-32-36-40-44-48-52-56-67-61(66)55-51-47-43-39-35-31-27-20-18-16-14-12-10-8-6-4-2/h14,16,20-21,24,27,49,53,58-59,63-64H,3-13,15,17-19,22-23,25-26,28-48,50-52,54-57H2,1-2H3,(H,62,65)/b16-14-,24-21-,27-20-,53-49+. The highest BCUT2D eigenvalue weighted by atomic mass is 16.5. The van der Waals surface area contributed by atoms with E-state index in [4.69, 9.17) is 4.74 Å². The molecule has 0 aliphatic rings. The number of carbonyl (C=O) groups is 2. The van der Waals surface area contributed by atoms with Gasteiger partial charge in [0.1, 0.15) is 0 Å². The maximum absolute atomic E-state index is 12.5. The minimum Gasteiger partial charge on any atom is -0.466 e. The van der Waals surface area contributed by atoms with Gasteiger partial charge >= 0.3 is 5.97 Å². The van der Waals surface area contributed by atoms with E-state index in [9.17, 15) is 19.8 Å². The van der Waals surface area contributed by atoms with Crippen molar-refractivity contribution < 1.29 is 24.5 Å². The van der Waals surface area contributed by atoms with Crippen LogP contribution >= 0.6 is 0 Å². The Kier molecular flexibility index (Phi) is 54.6. The van der Waals surface area contributed by atoms with Crippen LogP contribution in [-0.4, -0.2) is 47.4 Å². The van der Waals surface area contributed by atoms with Gasteiger partial charge in [-0.25, -0.2) is 0 Å². The number of esters is 1. The second-order valence-corrected chi connectivity index (χ2v) is 20.0. The van der Waals surface area contributed by atoms with Crippen molar-refractivity contribution in [1.29, 1.82) is 0 Å². The molecule has 0 aromatic carbocycles. The van der Waals surface area contributed by atoms with Crippen LogP contribution in [0.15, 0.2) is 48.6 Å². The van der Waals surface area contributed by atoms with E-state index in [-0.39, 0.29) is 18.5 Å². The molecule has 392 valence electrons. The number of hydrogen-bond acceptors (Lipinski definition) is 5. The van der Waals surface area contributed by atoms with E-state index in [1.165, 1.54) is 212 Å². The van der Waals surface area contributed by atoms with Gasteiger partial charge in [-0.1, -0.05) is 249 Å². The molecule has 67 heavy (non-hydrogen) atoms. The van der Waals surface area contributed by atoms with Gasteiger partial charge < -0.3 is 20.3 Å². The SMILES string of the molecule is CCCCCC/C=C\C/C=C\CCCCCCCC(=O)OCCCCCCCC/C=C\CCCCCCCCCC(=O)NC(CO)C(O)/C=C/CCCCCCCCCCCCCCCCC. The average Bonchev–Trinajstić information content (AvgIpc) is 3.33. The fourth-order valence-electron chi connectivity index (χ4n) is 8.78. The smallest absolute Gasteiger partial charge is 0.305 e.